The van der Waals surface area contributed by atoms with Crippen molar-refractivity contribution < 1.29 is 0 Å². The first kappa shape index (κ1) is 24.6. The maximum Gasteiger partial charge on any atom is 0.157 e. The number of thiophene rings is 1. The van der Waals surface area contributed by atoms with E-state index in [9.17, 15) is 0 Å². The lowest BCUT2D eigenvalue weighted by atomic mass is 10.0. The number of rotatable bonds is 2. The van der Waals surface area contributed by atoms with Gasteiger partial charge in [0.1, 0.15) is 33.1 Å². The van der Waals surface area contributed by atoms with Gasteiger partial charge in [0.05, 0.1) is 17.2 Å². The Labute approximate surface area is 259 Å². The number of aryl methyl sites for hydroxylation is 1. The second-order valence-corrected chi connectivity index (χ2v) is 12.3. The average molecular weight is 596 g/mol. The summed E-state index contributed by atoms with van der Waals surface area (Å²) in [7, 11) is 0. The fourth-order valence-corrected chi connectivity index (χ4v) is 8.16. The summed E-state index contributed by atoms with van der Waals surface area (Å²) >= 11 is 1.84. The topological polar surface area (TPSA) is 82.3 Å². The Hall–Kier alpha value is -5.86. The third kappa shape index (κ3) is 3.34. The molecule has 0 amide bonds. The van der Waals surface area contributed by atoms with Crippen molar-refractivity contribution in [1.82, 2.24) is 34.5 Å². The normalized spacial score (nSPS) is 12.1. The number of benzene rings is 5. The summed E-state index contributed by atoms with van der Waals surface area (Å²) in [5.74, 6) is 0.711. The highest BCUT2D eigenvalue weighted by Crippen LogP contribution is 2.45. The van der Waals surface area contributed by atoms with E-state index in [0.717, 1.165) is 22.2 Å². The minimum atomic E-state index is 0.649. The van der Waals surface area contributed by atoms with Crippen LogP contribution in [0.25, 0.3) is 92.0 Å². The average Bonchev–Trinajstić information content (AvgIpc) is 3.65. The van der Waals surface area contributed by atoms with Crippen LogP contribution in [0.2, 0.25) is 0 Å². The van der Waals surface area contributed by atoms with Crippen molar-refractivity contribution in [2.24, 2.45) is 0 Å². The molecule has 0 atom stereocenters. The highest BCUT2D eigenvalue weighted by atomic mass is 32.1. The Bertz CT molecular complexity index is 2800. The van der Waals surface area contributed by atoms with E-state index < -0.39 is 0 Å². The van der Waals surface area contributed by atoms with Crippen LogP contribution in [0.3, 0.4) is 0 Å². The molecular weight excluding hydrogens is 575 g/mol. The van der Waals surface area contributed by atoms with Crippen molar-refractivity contribution in [1.29, 1.82) is 0 Å². The van der Waals surface area contributed by atoms with Crippen LogP contribution >= 0.6 is 11.3 Å². The molecule has 210 valence electrons. The summed E-state index contributed by atoms with van der Waals surface area (Å²) < 4.78 is 4.86. The van der Waals surface area contributed by atoms with Crippen LogP contribution < -0.4 is 0 Å². The third-order valence-corrected chi connectivity index (χ3v) is 9.92. The van der Waals surface area contributed by atoms with E-state index in [1.807, 2.05) is 17.5 Å². The molecule has 7 nitrogen and oxygen atoms in total. The molecule has 5 aromatic heterocycles. The van der Waals surface area contributed by atoms with Gasteiger partial charge >= 0.3 is 0 Å². The van der Waals surface area contributed by atoms with Crippen molar-refractivity contribution in [3.8, 4) is 16.9 Å². The monoisotopic (exact) mass is 595 g/mol. The van der Waals surface area contributed by atoms with Gasteiger partial charge in [-0.1, -0.05) is 66.7 Å². The second-order valence-electron chi connectivity index (χ2n) is 11.2. The number of para-hydroxylation sites is 1. The van der Waals surface area contributed by atoms with Gasteiger partial charge in [-0.15, -0.1) is 11.3 Å². The van der Waals surface area contributed by atoms with Gasteiger partial charge in [-0.05, 0) is 30.2 Å². The van der Waals surface area contributed by atoms with Crippen molar-refractivity contribution in [3.05, 3.63) is 115 Å². The molecule has 0 aliphatic rings. The maximum absolute atomic E-state index is 5.33. The Morgan fingerprint density at radius 2 is 1.20 bits per heavy atom. The van der Waals surface area contributed by atoms with Gasteiger partial charge in [0, 0.05) is 61.3 Å². The molecule has 0 aliphatic carbocycles. The first-order valence-corrected chi connectivity index (χ1v) is 15.5. The molecule has 0 fully saturated rings. The summed E-state index contributed by atoms with van der Waals surface area (Å²) in [6, 6.07) is 28.1. The molecule has 0 bridgehead atoms. The first-order chi connectivity index (χ1) is 22.3. The predicted octanol–water partition coefficient (Wildman–Crippen LogP) is 8.96. The van der Waals surface area contributed by atoms with Gasteiger partial charge in [-0.25, -0.2) is 9.97 Å². The lowest BCUT2D eigenvalue weighted by molar-refractivity contribution is 1.07. The van der Waals surface area contributed by atoms with E-state index in [-0.39, 0.29) is 0 Å². The SMILES string of the molecule is Cc1c2c(cc3c4cccc(-c5ccccc5)c4n(-c4cnc5c6nccnc6c6nccnc6c5n4)c13)sc1ccccc12. The summed E-state index contributed by atoms with van der Waals surface area (Å²) in [6.07, 6.45) is 8.57. The molecule has 45 heavy (non-hydrogen) atoms. The molecule has 10 aromatic rings. The van der Waals surface area contributed by atoms with E-state index in [2.05, 4.69) is 105 Å². The van der Waals surface area contributed by atoms with Crippen LogP contribution in [0.5, 0.6) is 0 Å². The quantitative estimate of drug-likeness (QED) is 0.186. The van der Waals surface area contributed by atoms with Crippen molar-refractivity contribution in [3.63, 3.8) is 0 Å². The fraction of sp³-hybridized carbons (Fsp3) is 0.0270. The van der Waals surface area contributed by atoms with Crippen LogP contribution in [0.4, 0.5) is 0 Å². The molecule has 0 unspecified atom stereocenters. The molecule has 0 radical (unpaired) electrons. The number of hydrogen-bond donors (Lipinski definition) is 0. The van der Waals surface area contributed by atoms with Crippen LogP contribution in [-0.4, -0.2) is 34.5 Å². The summed E-state index contributed by atoms with van der Waals surface area (Å²) in [5.41, 5.74) is 9.65. The molecule has 0 N–H and O–H groups in total. The highest BCUT2D eigenvalue weighted by Gasteiger charge is 2.23. The van der Waals surface area contributed by atoms with Gasteiger partial charge in [0.2, 0.25) is 0 Å². The smallest absolute Gasteiger partial charge is 0.157 e. The number of nitrogens with zero attached hydrogens (tertiary/aromatic N) is 7. The Balaban J connectivity index is 1.41. The van der Waals surface area contributed by atoms with Gasteiger partial charge in [-0.3, -0.25) is 24.5 Å². The fourth-order valence-electron chi connectivity index (χ4n) is 6.95. The largest absolute Gasteiger partial charge is 0.292 e. The minimum Gasteiger partial charge on any atom is -0.292 e. The minimum absolute atomic E-state index is 0.649. The zero-order valence-electron chi connectivity index (χ0n) is 23.9. The third-order valence-electron chi connectivity index (χ3n) is 8.80. The molecule has 0 spiro atoms. The summed E-state index contributed by atoms with van der Waals surface area (Å²) in [5, 5.41) is 4.91. The maximum atomic E-state index is 5.33. The van der Waals surface area contributed by atoms with Crippen LogP contribution in [0, 0.1) is 6.92 Å². The molecule has 0 aliphatic heterocycles. The van der Waals surface area contributed by atoms with Crippen LogP contribution in [0.1, 0.15) is 5.56 Å². The first-order valence-electron chi connectivity index (χ1n) is 14.7. The predicted molar refractivity (Wildman–Crippen MR) is 183 cm³/mol. The van der Waals surface area contributed by atoms with Gasteiger partial charge in [0.15, 0.2) is 5.82 Å². The Morgan fingerprint density at radius 1 is 0.556 bits per heavy atom. The van der Waals surface area contributed by atoms with Crippen LogP contribution in [0.15, 0.2) is 110 Å². The molecule has 5 aromatic carbocycles. The molecule has 0 saturated carbocycles. The van der Waals surface area contributed by atoms with E-state index in [0.29, 0.717) is 38.9 Å². The standard InChI is InChI=1S/C37H21N7S/c1-20-29-24-10-5-6-13-26(24)45-27(29)18-25-23-12-7-11-22(21-8-3-2-4-9-21)37(23)44(36(20)25)28-19-42-34-32-30(38-14-15-40-32)31-33(35(34)43-28)41-17-16-39-31/h2-19H,1H3. The molecule has 10 rings (SSSR count). The molecule has 5 heterocycles. The van der Waals surface area contributed by atoms with Gasteiger partial charge in [-0.2, -0.15) is 0 Å². The highest BCUT2D eigenvalue weighted by molar-refractivity contribution is 7.26. The van der Waals surface area contributed by atoms with Gasteiger partial charge in [0.25, 0.3) is 0 Å². The molecule has 8 heteroatoms. The number of aromatic nitrogens is 7. The van der Waals surface area contributed by atoms with Crippen LogP contribution in [-0.2, 0) is 0 Å². The van der Waals surface area contributed by atoms with E-state index in [4.69, 9.17) is 15.0 Å². The van der Waals surface area contributed by atoms with Crippen molar-refractivity contribution in [2.45, 2.75) is 6.92 Å². The van der Waals surface area contributed by atoms with Crippen molar-refractivity contribution >= 4 is 86.4 Å². The second kappa shape index (κ2) is 9.07. The lowest BCUT2D eigenvalue weighted by Gasteiger charge is -2.13. The zero-order valence-corrected chi connectivity index (χ0v) is 24.7. The number of hydrogen-bond acceptors (Lipinski definition) is 7. The zero-order chi connectivity index (χ0) is 29.6. The molecule has 0 saturated heterocycles. The lowest BCUT2D eigenvalue weighted by Crippen LogP contribution is -2.03. The van der Waals surface area contributed by atoms with E-state index >= 15 is 0 Å². The Morgan fingerprint density at radius 3 is 1.96 bits per heavy atom. The van der Waals surface area contributed by atoms with E-state index in [1.165, 1.54) is 36.5 Å². The molecular formula is C37H21N7S. The van der Waals surface area contributed by atoms with Gasteiger partial charge < -0.3 is 0 Å². The summed E-state index contributed by atoms with van der Waals surface area (Å²) in [4.78, 5) is 28.9. The van der Waals surface area contributed by atoms with Crippen molar-refractivity contribution in [2.75, 3.05) is 0 Å². The Kier molecular flexibility index (Phi) is 4.95. The van der Waals surface area contributed by atoms with E-state index in [1.54, 1.807) is 24.8 Å². The number of fused-ring (bicyclic) bond motifs is 12. The summed E-state index contributed by atoms with van der Waals surface area (Å²) in [6.45, 7) is 2.24.